The number of carbonyl (C=O) groups is 1. The molecule has 2 rings (SSSR count). The van der Waals surface area contributed by atoms with E-state index in [9.17, 15) is 15.0 Å². The lowest BCUT2D eigenvalue weighted by molar-refractivity contribution is -0.125. The average Bonchev–Trinajstić information content (AvgIpc) is 2.53. The van der Waals surface area contributed by atoms with E-state index in [1.165, 1.54) is 4.90 Å². The van der Waals surface area contributed by atoms with Gasteiger partial charge in [0.2, 0.25) is 0 Å². The maximum Gasteiger partial charge on any atom is 0.260 e. The first-order chi connectivity index (χ1) is 8.41. The largest absolute Gasteiger partial charge is 0.392 e. The molecule has 0 saturated heterocycles. The van der Waals surface area contributed by atoms with Gasteiger partial charge in [-0.15, -0.1) is 0 Å². The number of hydrogen-bond acceptors (Lipinski definition) is 4. The molecule has 0 bridgehead atoms. The van der Waals surface area contributed by atoms with Gasteiger partial charge in [0.15, 0.2) is 6.10 Å². The first-order valence-corrected chi connectivity index (χ1v) is 5.90. The van der Waals surface area contributed by atoms with Gasteiger partial charge in [-0.25, -0.2) is 0 Å². The fourth-order valence-electron chi connectivity index (χ4n) is 2.23. The fourth-order valence-corrected chi connectivity index (χ4v) is 2.23. The predicted octanol–water partition coefficient (Wildman–Crippen LogP) is 0.513. The Bertz CT molecular complexity index is 473. The minimum atomic E-state index is -1.05. The summed E-state index contributed by atoms with van der Waals surface area (Å²) in [5.74, 6) is -0.305. The maximum atomic E-state index is 11.6. The molecule has 1 heterocycles. The lowest BCUT2D eigenvalue weighted by Crippen LogP contribution is -2.27. The van der Waals surface area contributed by atoms with Crippen LogP contribution in [0.2, 0.25) is 0 Å². The molecule has 5 nitrogen and oxygen atoms in total. The van der Waals surface area contributed by atoms with E-state index in [-0.39, 0.29) is 5.91 Å². The van der Waals surface area contributed by atoms with Crippen LogP contribution in [0.1, 0.15) is 18.6 Å². The maximum absolute atomic E-state index is 11.6. The summed E-state index contributed by atoms with van der Waals surface area (Å²) in [5, 5.41) is 19.1. The second kappa shape index (κ2) is 4.59. The molecule has 1 aliphatic heterocycles. The second-order valence-electron chi connectivity index (χ2n) is 4.77. The molecule has 0 radical (unpaired) electrons. The zero-order chi connectivity index (χ0) is 13.4. The van der Waals surface area contributed by atoms with Crippen LogP contribution in [-0.2, 0) is 4.79 Å². The summed E-state index contributed by atoms with van der Waals surface area (Å²) in [6.07, 6.45) is -1.48. The van der Waals surface area contributed by atoms with Crippen molar-refractivity contribution in [2.45, 2.75) is 19.1 Å². The molecule has 0 saturated carbocycles. The van der Waals surface area contributed by atoms with E-state index < -0.39 is 12.2 Å². The number of aliphatic hydroxyl groups excluding tert-OH is 2. The SMILES string of the molecule is CC(O)CN(C)c1ccc2c(c1)N(C)C(=O)C2O. The summed E-state index contributed by atoms with van der Waals surface area (Å²) in [6.45, 7) is 2.24. The summed E-state index contributed by atoms with van der Waals surface area (Å²) >= 11 is 0. The standard InChI is InChI=1S/C13H18N2O3/c1-8(16)7-14(2)9-4-5-10-11(6-9)15(3)13(18)12(10)17/h4-6,8,12,16-17H,7H2,1-3H3. The van der Waals surface area contributed by atoms with Gasteiger partial charge in [-0.05, 0) is 19.1 Å². The summed E-state index contributed by atoms with van der Waals surface area (Å²) in [5.41, 5.74) is 2.27. The molecule has 0 aliphatic carbocycles. The van der Waals surface area contributed by atoms with Gasteiger partial charge >= 0.3 is 0 Å². The van der Waals surface area contributed by atoms with Crippen LogP contribution in [0.25, 0.3) is 0 Å². The van der Waals surface area contributed by atoms with Gasteiger partial charge < -0.3 is 20.0 Å². The van der Waals surface area contributed by atoms with E-state index in [0.717, 1.165) is 11.4 Å². The van der Waals surface area contributed by atoms with Gasteiger partial charge in [0.25, 0.3) is 5.91 Å². The van der Waals surface area contributed by atoms with Crippen molar-refractivity contribution in [2.75, 3.05) is 30.4 Å². The van der Waals surface area contributed by atoms with E-state index >= 15 is 0 Å². The summed E-state index contributed by atoms with van der Waals surface area (Å²) in [4.78, 5) is 15.0. The zero-order valence-electron chi connectivity index (χ0n) is 10.8. The number of amides is 1. The van der Waals surface area contributed by atoms with Gasteiger partial charge in [0, 0.05) is 31.9 Å². The van der Waals surface area contributed by atoms with Crippen LogP contribution in [0.15, 0.2) is 18.2 Å². The van der Waals surface area contributed by atoms with Crippen LogP contribution in [0.4, 0.5) is 11.4 Å². The Morgan fingerprint density at radius 2 is 2.17 bits per heavy atom. The van der Waals surface area contributed by atoms with E-state index in [1.54, 1.807) is 20.0 Å². The van der Waals surface area contributed by atoms with Crippen LogP contribution < -0.4 is 9.80 Å². The molecule has 0 spiro atoms. The number of carbonyl (C=O) groups excluding carboxylic acids is 1. The van der Waals surface area contributed by atoms with E-state index in [4.69, 9.17) is 0 Å². The van der Waals surface area contributed by atoms with Crippen molar-refractivity contribution in [3.05, 3.63) is 23.8 Å². The quantitative estimate of drug-likeness (QED) is 0.820. The molecule has 2 unspecified atom stereocenters. The molecule has 1 aromatic rings. The highest BCUT2D eigenvalue weighted by atomic mass is 16.3. The molecule has 5 heteroatoms. The lowest BCUT2D eigenvalue weighted by atomic mass is 10.1. The number of nitrogens with zero attached hydrogens (tertiary/aromatic N) is 2. The second-order valence-corrected chi connectivity index (χ2v) is 4.77. The third-order valence-corrected chi connectivity index (χ3v) is 3.21. The molecular formula is C13H18N2O3. The van der Waals surface area contributed by atoms with Crippen molar-refractivity contribution in [1.29, 1.82) is 0 Å². The van der Waals surface area contributed by atoms with Gasteiger partial charge in [-0.2, -0.15) is 0 Å². The predicted molar refractivity (Wildman–Crippen MR) is 69.8 cm³/mol. The van der Waals surface area contributed by atoms with Crippen molar-refractivity contribution < 1.29 is 15.0 Å². The normalized spacial score (nSPS) is 19.9. The van der Waals surface area contributed by atoms with Gasteiger partial charge in [-0.3, -0.25) is 4.79 Å². The highest BCUT2D eigenvalue weighted by Crippen LogP contribution is 2.37. The van der Waals surface area contributed by atoms with Gasteiger partial charge in [0.1, 0.15) is 0 Å². The third-order valence-electron chi connectivity index (χ3n) is 3.21. The highest BCUT2D eigenvalue weighted by Gasteiger charge is 2.33. The molecule has 98 valence electrons. The molecule has 18 heavy (non-hydrogen) atoms. The third kappa shape index (κ3) is 2.07. The van der Waals surface area contributed by atoms with E-state index in [1.807, 2.05) is 24.1 Å². The monoisotopic (exact) mass is 250 g/mol. The summed E-state index contributed by atoms with van der Waals surface area (Å²) in [6, 6.07) is 5.46. The number of rotatable bonds is 3. The van der Waals surface area contributed by atoms with Crippen molar-refractivity contribution >= 4 is 17.3 Å². The van der Waals surface area contributed by atoms with Crippen molar-refractivity contribution in [3.8, 4) is 0 Å². The molecule has 1 amide bonds. The first kappa shape index (κ1) is 12.9. The number of aliphatic hydroxyl groups is 2. The average molecular weight is 250 g/mol. The molecule has 2 N–H and O–H groups in total. The number of likely N-dealkylation sites (N-methyl/N-ethyl adjacent to an activating group) is 2. The van der Waals surface area contributed by atoms with E-state index in [2.05, 4.69) is 0 Å². The topological polar surface area (TPSA) is 64.0 Å². The molecule has 0 fully saturated rings. The highest BCUT2D eigenvalue weighted by molar-refractivity contribution is 6.03. The van der Waals surface area contributed by atoms with Gasteiger partial charge in [0.05, 0.1) is 11.8 Å². The van der Waals surface area contributed by atoms with Gasteiger partial charge in [-0.1, -0.05) is 6.07 Å². The van der Waals surface area contributed by atoms with Crippen LogP contribution in [0, 0.1) is 0 Å². The smallest absolute Gasteiger partial charge is 0.260 e. The molecule has 2 atom stereocenters. The Hall–Kier alpha value is -1.59. The zero-order valence-corrected chi connectivity index (χ0v) is 10.8. The number of anilines is 2. The molecular weight excluding hydrogens is 232 g/mol. The molecule has 0 aromatic heterocycles. The minimum Gasteiger partial charge on any atom is -0.392 e. The first-order valence-electron chi connectivity index (χ1n) is 5.90. The van der Waals surface area contributed by atoms with E-state index in [0.29, 0.717) is 12.1 Å². The van der Waals surface area contributed by atoms with Crippen LogP contribution in [0.3, 0.4) is 0 Å². The number of benzene rings is 1. The Morgan fingerprint density at radius 1 is 1.50 bits per heavy atom. The lowest BCUT2D eigenvalue weighted by Gasteiger charge is -2.22. The number of fused-ring (bicyclic) bond motifs is 1. The summed E-state index contributed by atoms with van der Waals surface area (Å²) < 4.78 is 0. The Morgan fingerprint density at radius 3 is 2.78 bits per heavy atom. The van der Waals surface area contributed by atoms with Crippen molar-refractivity contribution in [3.63, 3.8) is 0 Å². The minimum absolute atomic E-state index is 0.305. The summed E-state index contributed by atoms with van der Waals surface area (Å²) in [7, 11) is 3.53. The number of hydrogen-bond donors (Lipinski definition) is 2. The van der Waals surface area contributed by atoms with Crippen LogP contribution in [0.5, 0.6) is 0 Å². The fraction of sp³-hybridized carbons (Fsp3) is 0.462. The Balaban J connectivity index is 2.31. The van der Waals surface area contributed by atoms with Crippen LogP contribution >= 0.6 is 0 Å². The van der Waals surface area contributed by atoms with Crippen LogP contribution in [-0.4, -0.2) is 42.9 Å². The molecule has 1 aromatic carbocycles. The molecule has 1 aliphatic rings. The Labute approximate surface area is 106 Å². The Kier molecular flexibility index (Phi) is 3.28. The van der Waals surface area contributed by atoms with Crippen molar-refractivity contribution in [2.24, 2.45) is 0 Å². The van der Waals surface area contributed by atoms with Crippen molar-refractivity contribution in [1.82, 2.24) is 0 Å².